The van der Waals surface area contributed by atoms with Gasteiger partial charge in [-0.3, -0.25) is 14.9 Å². The average Bonchev–Trinajstić information content (AvgIpc) is 2.55. The lowest BCUT2D eigenvalue weighted by Gasteiger charge is -2.16. The van der Waals surface area contributed by atoms with Crippen LogP contribution in [0.5, 0.6) is 11.5 Å². The minimum atomic E-state index is -0.800. The number of nitrogens with zero attached hydrogens (tertiary/aromatic N) is 1. The Morgan fingerprint density at radius 2 is 1.87 bits per heavy atom. The van der Waals surface area contributed by atoms with E-state index >= 15 is 0 Å². The summed E-state index contributed by atoms with van der Waals surface area (Å²) in [7, 11) is 1.51. The second-order valence-electron chi connectivity index (χ2n) is 4.71. The number of anilines is 1. The fourth-order valence-corrected chi connectivity index (χ4v) is 1.90. The van der Waals surface area contributed by atoms with Gasteiger partial charge in [0, 0.05) is 17.8 Å². The molecule has 0 heterocycles. The molecule has 1 atom stereocenters. The van der Waals surface area contributed by atoms with E-state index < -0.39 is 16.9 Å². The van der Waals surface area contributed by atoms with Gasteiger partial charge in [0.25, 0.3) is 11.6 Å². The van der Waals surface area contributed by atoms with E-state index in [-0.39, 0.29) is 5.69 Å². The van der Waals surface area contributed by atoms with Crippen molar-refractivity contribution in [2.75, 3.05) is 12.4 Å². The molecule has 0 aliphatic heterocycles. The van der Waals surface area contributed by atoms with Gasteiger partial charge in [-0.2, -0.15) is 0 Å². The molecule has 7 nitrogen and oxygen atoms in total. The summed E-state index contributed by atoms with van der Waals surface area (Å²) < 4.78 is 10.7. The van der Waals surface area contributed by atoms with Crippen LogP contribution in [0.4, 0.5) is 11.4 Å². The van der Waals surface area contributed by atoms with E-state index in [1.165, 1.54) is 25.3 Å². The molecule has 0 unspecified atom stereocenters. The number of hydrogen-bond acceptors (Lipinski definition) is 5. The standard InChI is InChI=1S/C16H16N2O5/c1-11(23-15-9-4-3-8-14(15)22-2)16(19)17-12-6-5-7-13(10-12)18(20)21/h3-11H,1-2H3,(H,17,19)/t11-/m0/s1. The highest BCUT2D eigenvalue weighted by molar-refractivity contribution is 5.94. The van der Waals surface area contributed by atoms with Crippen LogP contribution in [0, 0.1) is 10.1 Å². The third kappa shape index (κ3) is 4.19. The molecule has 2 rings (SSSR count). The highest BCUT2D eigenvalue weighted by Crippen LogP contribution is 2.27. The first-order valence-corrected chi connectivity index (χ1v) is 6.86. The Labute approximate surface area is 133 Å². The zero-order valence-electron chi connectivity index (χ0n) is 12.7. The van der Waals surface area contributed by atoms with Crippen molar-refractivity contribution in [1.29, 1.82) is 0 Å². The van der Waals surface area contributed by atoms with E-state index in [4.69, 9.17) is 9.47 Å². The first-order valence-electron chi connectivity index (χ1n) is 6.86. The maximum Gasteiger partial charge on any atom is 0.271 e. The third-order valence-corrected chi connectivity index (χ3v) is 3.07. The van der Waals surface area contributed by atoms with Gasteiger partial charge in [-0.05, 0) is 25.1 Å². The summed E-state index contributed by atoms with van der Waals surface area (Å²) in [5.41, 5.74) is 0.237. The number of carbonyl (C=O) groups excluding carboxylic acids is 1. The molecule has 0 bridgehead atoms. The minimum Gasteiger partial charge on any atom is -0.493 e. The lowest BCUT2D eigenvalue weighted by Crippen LogP contribution is -2.30. The van der Waals surface area contributed by atoms with E-state index in [0.717, 1.165) is 0 Å². The molecule has 0 aliphatic rings. The predicted molar refractivity (Wildman–Crippen MR) is 84.8 cm³/mol. The van der Waals surface area contributed by atoms with Gasteiger partial charge in [0.2, 0.25) is 0 Å². The Bertz CT molecular complexity index is 717. The molecule has 0 saturated carbocycles. The molecule has 1 amide bonds. The molecule has 120 valence electrons. The van der Waals surface area contributed by atoms with Crippen LogP contribution in [0.3, 0.4) is 0 Å². The minimum absolute atomic E-state index is 0.0962. The van der Waals surface area contributed by atoms with Gasteiger partial charge in [-0.15, -0.1) is 0 Å². The summed E-state index contributed by atoms with van der Waals surface area (Å²) in [6.07, 6.45) is -0.800. The number of hydrogen-bond donors (Lipinski definition) is 1. The van der Waals surface area contributed by atoms with Crippen LogP contribution in [0.2, 0.25) is 0 Å². The van der Waals surface area contributed by atoms with E-state index in [2.05, 4.69) is 5.32 Å². The Kier molecular flexibility index (Phi) is 5.14. The predicted octanol–water partition coefficient (Wildman–Crippen LogP) is 3.01. The van der Waals surface area contributed by atoms with Crippen molar-refractivity contribution in [3.63, 3.8) is 0 Å². The number of para-hydroxylation sites is 2. The monoisotopic (exact) mass is 316 g/mol. The lowest BCUT2D eigenvalue weighted by molar-refractivity contribution is -0.384. The van der Waals surface area contributed by atoms with Crippen LogP contribution in [-0.2, 0) is 4.79 Å². The number of nitro benzene ring substituents is 1. The molecule has 0 aromatic heterocycles. The van der Waals surface area contributed by atoms with Crippen molar-refractivity contribution < 1.29 is 19.2 Å². The van der Waals surface area contributed by atoms with Crippen molar-refractivity contribution in [3.8, 4) is 11.5 Å². The smallest absolute Gasteiger partial charge is 0.271 e. The van der Waals surface area contributed by atoms with Crippen molar-refractivity contribution in [2.45, 2.75) is 13.0 Å². The normalized spacial score (nSPS) is 11.4. The number of non-ortho nitro benzene ring substituents is 1. The molecular formula is C16H16N2O5. The third-order valence-electron chi connectivity index (χ3n) is 3.07. The zero-order chi connectivity index (χ0) is 16.8. The number of rotatable bonds is 6. The van der Waals surface area contributed by atoms with Gasteiger partial charge in [-0.25, -0.2) is 0 Å². The summed E-state index contributed by atoms with van der Waals surface area (Å²) in [6.45, 7) is 1.58. The molecule has 0 radical (unpaired) electrons. The van der Waals surface area contributed by atoms with Gasteiger partial charge in [0.15, 0.2) is 17.6 Å². The van der Waals surface area contributed by atoms with Crippen molar-refractivity contribution >= 4 is 17.3 Å². The summed E-state index contributed by atoms with van der Waals surface area (Å²) >= 11 is 0. The van der Waals surface area contributed by atoms with Crippen LogP contribution < -0.4 is 14.8 Å². The fourth-order valence-electron chi connectivity index (χ4n) is 1.90. The van der Waals surface area contributed by atoms with Gasteiger partial charge in [0.1, 0.15) is 0 Å². The van der Waals surface area contributed by atoms with Crippen molar-refractivity contribution in [1.82, 2.24) is 0 Å². The topological polar surface area (TPSA) is 90.7 Å². The summed E-state index contributed by atoms with van der Waals surface area (Å²) in [6, 6.07) is 12.7. The van der Waals surface area contributed by atoms with Crippen LogP contribution in [0.15, 0.2) is 48.5 Å². The molecule has 0 aliphatic carbocycles. The lowest BCUT2D eigenvalue weighted by atomic mass is 10.2. The summed E-state index contributed by atoms with van der Waals surface area (Å²) in [5, 5.41) is 13.3. The Balaban J connectivity index is 2.05. The number of nitrogens with one attached hydrogen (secondary N) is 1. The molecule has 0 saturated heterocycles. The van der Waals surface area contributed by atoms with Crippen molar-refractivity contribution in [2.24, 2.45) is 0 Å². The quantitative estimate of drug-likeness (QED) is 0.653. The Hall–Kier alpha value is -3.09. The van der Waals surface area contributed by atoms with Crippen LogP contribution in [0.25, 0.3) is 0 Å². The Morgan fingerprint density at radius 1 is 1.17 bits per heavy atom. The van der Waals surface area contributed by atoms with Gasteiger partial charge >= 0.3 is 0 Å². The van der Waals surface area contributed by atoms with Gasteiger partial charge < -0.3 is 14.8 Å². The molecule has 0 spiro atoms. The van der Waals surface area contributed by atoms with Crippen LogP contribution in [-0.4, -0.2) is 24.0 Å². The number of nitro groups is 1. The first-order chi connectivity index (χ1) is 11.0. The second kappa shape index (κ2) is 7.26. The molecule has 23 heavy (non-hydrogen) atoms. The average molecular weight is 316 g/mol. The maximum absolute atomic E-state index is 12.2. The van der Waals surface area contributed by atoms with Crippen LogP contribution >= 0.6 is 0 Å². The first kappa shape index (κ1) is 16.3. The fraction of sp³-hybridized carbons (Fsp3) is 0.188. The molecule has 0 fully saturated rings. The number of methoxy groups -OCH3 is 1. The molecular weight excluding hydrogens is 300 g/mol. The van der Waals surface area contributed by atoms with Gasteiger partial charge in [-0.1, -0.05) is 18.2 Å². The van der Waals surface area contributed by atoms with Crippen molar-refractivity contribution in [3.05, 3.63) is 58.6 Å². The Morgan fingerprint density at radius 3 is 2.52 bits per heavy atom. The van der Waals surface area contributed by atoms with E-state index in [9.17, 15) is 14.9 Å². The van der Waals surface area contributed by atoms with E-state index in [1.54, 1.807) is 37.3 Å². The number of carbonyl (C=O) groups is 1. The maximum atomic E-state index is 12.2. The molecule has 7 heteroatoms. The second-order valence-corrected chi connectivity index (χ2v) is 4.71. The highest BCUT2D eigenvalue weighted by Gasteiger charge is 2.17. The van der Waals surface area contributed by atoms with E-state index in [0.29, 0.717) is 17.2 Å². The molecule has 2 aromatic carbocycles. The summed E-state index contributed by atoms with van der Waals surface area (Å²) in [5.74, 6) is 0.538. The molecule has 1 N–H and O–H groups in total. The number of benzene rings is 2. The highest BCUT2D eigenvalue weighted by atomic mass is 16.6. The number of amides is 1. The summed E-state index contributed by atoms with van der Waals surface area (Å²) in [4.78, 5) is 22.4. The largest absolute Gasteiger partial charge is 0.493 e. The number of ether oxygens (including phenoxy) is 2. The zero-order valence-corrected chi connectivity index (χ0v) is 12.7. The van der Waals surface area contributed by atoms with E-state index in [1.807, 2.05) is 0 Å². The molecule has 2 aromatic rings. The van der Waals surface area contributed by atoms with Crippen LogP contribution in [0.1, 0.15) is 6.92 Å². The SMILES string of the molecule is COc1ccccc1O[C@@H](C)C(=O)Nc1cccc([N+](=O)[O-])c1. The van der Waals surface area contributed by atoms with Gasteiger partial charge in [0.05, 0.1) is 12.0 Å².